The lowest BCUT2D eigenvalue weighted by atomic mass is 9.53. The van der Waals surface area contributed by atoms with Gasteiger partial charge in [-0.15, -0.1) is 11.6 Å². The Morgan fingerprint density at radius 3 is 2.29 bits per heavy atom. The summed E-state index contributed by atoms with van der Waals surface area (Å²) in [6.07, 6.45) is 7.44. The molecule has 0 spiro atoms. The second kappa shape index (κ2) is 8.83. The third kappa shape index (κ3) is 3.92. The van der Waals surface area contributed by atoms with Crippen molar-refractivity contribution in [1.29, 1.82) is 0 Å². The Hall–Kier alpha value is -2.35. The van der Waals surface area contributed by atoms with E-state index in [0.29, 0.717) is 17.8 Å². The van der Waals surface area contributed by atoms with Crippen LogP contribution in [0, 0.1) is 17.8 Å². The number of hydrogen-bond acceptors (Lipinski definition) is 3. The van der Waals surface area contributed by atoms with E-state index >= 15 is 0 Å². The van der Waals surface area contributed by atoms with Gasteiger partial charge in [-0.05, 0) is 98.9 Å². The van der Waals surface area contributed by atoms with E-state index in [0.717, 1.165) is 47.8 Å². The van der Waals surface area contributed by atoms with Crippen molar-refractivity contribution in [3.8, 4) is 0 Å². The highest BCUT2D eigenvalue weighted by Crippen LogP contribution is 2.56. The molecule has 2 aromatic carbocycles. The number of hydrogen-bond donors (Lipinski definition) is 2. The molecular weight excluding hydrogens is 518 g/mol. The van der Waals surface area contributed by atoms with Gasteiger partial charge >= 0.3 is 0 Å². The molecule has 8 rings (SSSR count). The molecule has 1 aliphatic heterocycles. The number of amides is 1. The molecular formula is C30H34ClN3O3S. The lowest BCUT2D eigenvalue weighted by molar-refractivity contribution is -0.133. The van der Waals surface area contributed by atoms with Crippen LogP contribution in [-0.4, -0.2) is 41.7 Å². The molecule has 0 unspecified atom stereocenters. The van der Waals surface area contributed by atoms with Crippen molar-refractivity contribution >= 4 is 38.4 Å². The van der Waals surface area contributed by atoms with Crippen LogP contribution in [0.2, 0.25) is 0 Å². The molecule has 2 heterocycles. The molecule has 0 radical (unpaired) electrons. The summed E-state index contributed by atoms with van der Waals surface area (Å²) >= 11 is 6.05. The number of carbonyl (C=O) groups is 1. The van der Waals surface area contributed by atoms with Gasteiger partial charge in [-0.1, -0.05) is 30.3 Å². The van der Waals surface area contributed by atoms with Crippen LogP contribution in [0.1, 0.15) is 68.3 Å². The monoisotopic (exact) mass is 551 g/mol. The number of aromatic nitrogens is 1. The Balaban J connectivity index is 1.23. The summed E-state index contributed by atoms with van der Waals surface area (Å²) in [5, 5.41) is 1.16. The molecule has 1 amide bonds. The van der Waals surface area contributed by atoms with Gasteiger partial charge in [-0.25, -0.2) is 13.1 Å². The molecule has 5 aliphatic rings. The van der Waals surface area contributed by atoms with Crippen molar-refractivity contribution in [2.75, 3.05) is 5.88 Å². The van der Waals surface area contributed by atoms with Crippen molar-refractivity contribution < 1.29 is 13.2 Å². The highest BCUT2D eigenvalue weighted by atomic mass is 35.5. The van der Waals surface area contributed by atoms with Crippen molar-refractivity contribution in [2.45, 2.75) is 74.4 Å². The number of para-hydroxylation sites is 1. The minimum absolute atomic E-state index is 0.0425. The van der Waals surface area contributed by atoms with E-state index in [9.17, 15) is 13.2 Å². The zero-order valence-corrected chi connectivity index (χ0v) is 23.2. The molecule has 1 aromatic heterocycles. The Labute approximate surface area is 229 Å². The smallest absolute Gasteiger partial charge is 0.241 e. The fourth-order valence-corrected chi connectivity index (χ4v) is 10.2. The summed E-state index contributed by atoms with van der Waals surface area (Å²) in [5.74, 6) is 1.76. The Morgan fingerprint density at radius 1 is 1.03 bits per heavy atom. The van der Waals surface area contributed by atoms with Crippen LogP contribution in [0.15, 0.2) is 53.4 Å². The van der Waals surface area contributed by atoms with Crippen LogP contribution in [0.25, 0.3) is 10.9 Å². The number of alkyl halides is 1. The molecule has 4 saturated carbocycles. The molecule has 2 atom stereocenters. The molecule has 4 bridgehead atoms. The normalized spacial score (nSPS) is 32.1. The number of rotatable bonds is 5. The fraction of sp³-hybridized carbons (Fsp3) is 0.500. The first-order valence-corrected chi connectivity index (χ1v) is 15.9. The zero-order valence-electron chi connectivity index (χ0n) is 21.6. The van der Waals surface area contributed by atoms with Crippen LogP contribution in [0.5, 0.6) is 0 Å². The van der Waals surface area contributed by atoms with E-state index in [2.05, 4.69) is 28.8 Å². The topological polar surface area (TPSA) is 82.3 Å². The predicted molar refractivity (Wildman–Crippen MR) is 149 cm³/mol. The number of aromatic amines is 1. The summed E-state index contributed by atoms with van der Waals surface area (Å²) < 4.78 is 30.4. The number of fused-ring (bicyclic) bond motifs is 3. The van der Waals surface area contributed by atoms with Crippen molar-refractivity contribution in [3.63, 3.8) is 0 Å². The van der Waals surface area contributed by atoms with Gasteiger partial charge in [0, 0.05) is 28.2 Å². The molecule has 2 N–H and O–H groups in total. The summed E-state index contributed by atoms with van der Waals surface area (Å²) in [7, 11) is -3.66. The minimum Gasteiger partial charge on any atom is -0.356 e. The third-order valence-corrected chi connectivity index (χ3v) is 11.5. The Kier molecular flexibility index (Phi) is 5.73. The molecule has 38 heavy (non-hydrogen) atoms. The lowest BCUT2D eigenvalue weighted by Gasteiger charge is -2.56. The molecule has 8 heteroatoms. The van der Waals surface area contributed by atoms with Gasteiger partial charge in [0.1, 0.15) is 5.88 Å². The second-order valence-corrected chi connectivity index (χ2v) is 14.3. The van der Waals surface area contributed by atoms with E-state index in [1.807, 2.05) is 29.2 Å². The summed E-state index contributed by atoms with van der Waals surface area (Å²) in [4.78, 5) is 18.7. The van der Waals surface area contributed by atoms with Gasteiger partial charge in [0.15, 0.2) is 0 Å². The van der Waals surface area contributed by atoms with E-state index in [-0.39, 0.29) is 34.3 Å². The first-order valence-electron chi connectivity index (χ1n) is 13.9. The number of halogens is 1. The SMILES string of the molecule is C[C@H]1Cc2c([nH]c3ccccc23)[C@H](c2ccc(S(=O)(=O)NC34CC5CC(CC(C5)C3)C4)cc2)N1C(=O)CCl. The zero-order chi connectivity index (χ0) is 26.2. The molecule has 0 saturated heterocycles. The van der Waals surface area contributed by atoms with Gasteiger partial charge in [-0.2, -0.15) is 0 Å². The fourth-order valence-electron chi connectivity index (χ4n) is 8.66. The van der Waals surface area contributed by atoms with Crippen LogP contribution >= 0.6 is 11.6 Å². The standard InChI is InChI=1S/C30H34ClN3O3S/c1-18-10-25-24-4-2-3-5-26(24)32-28(25)29(34(18)27(35)17-31)22-6-8-23(9-7-22)38(36,37)33-30-14-19-11-20(15-30)13-21(12-19)16-30/h2-9,18-21,29,32-33H,10-17H2,1H3/t18-,19?,20?,21?,29-,30?/m0/s1. The highest BCUT2D eigenvalue weighted by Gasteiger charge is 2.52. The van der Waals surface area contributed by atoms with Crippen molar-refractivity contribution in [1.82, 2.24) is 14.6 Å². The summed E-state index contributed by atoms with van der Waals surface area (Å²) in [5.41, 5.74) is 3.81. The van der Waals surface area contributed by atoms with Gasteiger partial charge in [-0.3, -0.25) is 4.79 Å². The number of H-pyrrole nitrogens is 1. The summed E-state index contributed by atoms with van der Waals surface area (Å²) in [6.45, 7) is 2.05. The molecule has 4 fully saturated rings. The van der Waals surface area contributed by atoms with Crippen LogP contribution in [-0.2, 0) is 21.2 Å². The van der Waals surface area contributed by atoms with Crippen LogP contribution < -0.4 is 4.72 Å². The molecule has 6 nitrogen and oxygen atoms in total. The highest BCUT2D eigenvalue weighted by molar-refractivity contribution is 7.89. The average Bonchev–Trinajstić information content (AvgIpc) is 3.24. The van der Waals surface area contributed by atoms with Crippen LogP contribution in [0.3, 0.4) is 0 Å². The number of carbonyl (C=O) groups excluding carboxylic acids is 1. The summed E-state index contributed by atoms with van der Waals surface area (Å²) in [6, 6.07) is 14.9. The average molecular weight is 552 g/mol. The van der Waals surface area contributed by atoms with Gasteiger partial charge in [0.05, 0.1) is 10.9 Å². The number of benzene rings is 2. The van der Waals surface area contributed by atoms with E-state index < -0.39 is 10.0 Å². The van der Waals surface area contributed by atoms with E-state index in [1.54, 1.807) is 12.1 Å². The first-order chi connectivity index (χ1) is 18.2. The molecule has 3 aromatic rings. The third-order valence-electron chi connectivity index (χ3n) is 9.67. The lowest BCUT2D eigenvalue weighted by Crippen LogP contribution is -2.59. The van der Waals surface area contributed by atoms with Gasteiger partial charge in [0.2, 0.25) is 15.9 Å². The van der Waals surface area contributed by atoms with E-state index in [1.165, 1.54) is 24.8 Å². The number of nitrogens with zero attached hydrogens (tertiary/aromatic N) is 1. The number of sulfonamides is 1. The first kappa shape index (κ1) is 24.7. The van der Waals surface area contributed by atoms with Gasteiger partial charge < -0.3 is 9.88 Å². The second-order valence-electron chi connectivity index (χ2n) is 12.3. The maximum absolute atomic E-state index is 13.6. The van der Waals surface area contributed by atoms with Gasteiger partial charge in [0.25, 0.3) is 0 Å². The maximum Gasteiger partial charge on any atom is 0.241 e. The Bertz CT molecular complexity index is 1480. The predicted octanol–water partition coefficient (Wildman–Crippen LogP) is 5.52. The van der Waals surface area contributed by atoms with Crippen LogP contribution in [0.4, 0.5) is 0 Å². The maximum atomic E-state index is 13.6. The Morgan fingerprint density at radius 2 is 1.66 bits per heavy atom. The minimum atomic E-state index is -3.66. The quantitative estimate of drug-likeness (QED) is 0.410. The molecule has 200 valence electrons. The van der Waals surface area contributed by atoms with E-state index in [4.69, 9.17) is 11.6 Å². The van der Waals surface area contributed by atoms with Crippen molar-refractivity contribution in [3.05, 3.63) is 65.4 Å². The van der Waals surface area contributed by atoms with Crippen molar-refractivity contribution in [2.24, 2.45) is 17.8 Å². The molecule has 4 aliphatic carbocycles. The number of nitrogens with one attached hydrogen (secondary N) is 2. The largest absolute Gasteiger partial charge is 0.356 e.